The highest BCUT2D eigenvalue weighted by Crippen LogP contribution is 2.27. The van der Waals surface area contributed by atoms with Crippen LogP contribution in [0.1, 0.15) is 11.1 Å². The number of benzene rings is 2. The van der Waals surface area contributed by atoms with Crippen LogP contribution in [0.5, 0.6) is 0 Å². The fourth-order valence-electron chi connectivity index (χ4n) is 2.59. The number of aromatic nitrogens is 5. The van der Waals surface area contributed by atoms with Gasteiger partial charge in [-0.25, -0.2) is 4.98 Å². The Morgan fingerprint density at radius 1 is 1.22 bits per heavy atom. The number of hydrogen-bond donors (Lipinski definition) is 1. The Morgan fingerprint density at radius 2 is 2.07 bits per heavy atom. The number of amides is 1. The normalized spacial score (nSPS) is 11.0. The maximum Gasteiger partial charge on any atom is 0.236 e. The van der Waals surface area contributed by atoms with E-state index < -0.39 is 0 Å². The van der Waals surface area contributed by atoms with Crippen LogP contribution in [0.4, 0.5) is 5.13 Å². The highest BCUT2D eigenvalue weighted by Gasteiger charge is 2.14. The molecule has 0 saturated heterocycles. The number of anilines is 1. The van der Waals surface area contributed by atoms with Crippen molar-refractivity contribution in [3.05, 3.63) is 53.6 Å². The van der Waals surface area contributed by atoms with Crippen LogP contribution in [-0.4, -0.2) is 36.9 Å². The Hall–Kier alpha value is -2.78. The average Bonchev–Trinajstić information content (AvgIpc) is 3.26. The molecule has 9 heteroatoms. The fraction of sp³-hybridized carbons (Fsp3) is 0.167. The van der Waals surface area contributed by atoms with Crippen molar-refractivity contribution >= 4 is 44.4 Å². The first-order valence-corrected chi connectivity index (χ1v) is 10.0. The van der Waals surface area contributed by atoms with Crippen LogP contribution in [0.2, 0.25) is 0 Å². The number of aryl methyl sites for hydroxylation is 2. The lowest BCUT2D eigenvalue weighted by atomic mass is 10.2. The van der Waals surface area contributed by atoms with E-state index in [0.717, 1.165) is 21.5 Å². The second kappa shape index (κ2) is 7.45. The molecule has 0 saturated carbocycles. The number of fused-ring (bicyclic) bond motifs is 1. The van der Waals surface area contributed by atoms with E-state index in [9.17, 15) is 4.79 Å². The van der Waals surface area contributed by atoms with Gasteiger partial charge in [0.15, 0.2) is 5.13 Å². The van der Waals surface area contributed by atoms with Gasteiger partial charge in [0.25, 0.3) is 0 Å². The lowest BCUT2D eigenvalue weighted by Gasteiger charge is -2.06. The van der Waals surface area contributed by atoms with Gasteiger partial charge in [-0.2, -0.15) is 4.68 Å². The molecule has 0 unspecified atom stereocenters. The number of carbonyl (C=O) groups excluding carboxylic acids is 1. The Bertz CT molecular complexity index is 1120. The van der Waals surface area contributed by atoms with E-state index in [1.165, 1.54) is 28.7 Å². The van der Waals surface area contributed by atoms with Gasteiger partial charge in [-0.1, -0.05) is 47.4 Å². The van der Waals surface area contributed by atoms with Gasteiger partial charge >= 0.3 is 0 Å². The van der Waals surface area contributed by atoms with E-state index in [1.54, 1.807) is 4.68 Å². The summed E-state index contributed by atoms with van der Waals surface area (Å²) in [4.78, 5) is 16.8. The molecule has 2 heterocycles. The molecule has 4 rings (SSSR count). The molecule has 136 valence electrons. The summed E-state index contributed by atoms with van der Waals surface area (Å²) in [5, 5.41) is 15.8. The quantitative estimate of drug-likeness (QED) is 0.519. The molecule has 0 spiro atoms. The third-order valence-corrected chi connectivity index (χ3v) is 5.76. The molecule has 4 aromatic rings. The van der Waals surface area contributed by atoms with Gasteiger partial charge in [-0.15, -0.1) is 5.10 Å². The van der Waals surface area contributed by atoms with Crippen LogP contribution in [0.15, 0.2) is 47.6 Å². The zero-order chi connectivity index (χ0) is 18.8. The van der Waals surface area contributed by atoms with E-state index >= 15 is 0 Å². The van der Waals surface area contributed by atoms with Crippen molar-refractivity contribution in [3.8, 4) is 5.69 Å². The second-order valence-corrected chi connectivity index (χ2v) is 7.96. The number of nitrogens with one attached hydrogen (secondary N) is 1. The van der Waals surface area contributed by atoms with Crippen LogP contribution in [0.3, 0.4) is 0 Å². The molecule has 0 atom stereocenters. The van der Waals surface area contributed by atoms with Crippen LogP contribution in [0.25, 0.3) is 15.9 Å². The van der Waals surface area contributed by atoms with E-state index in [-0.39, 0.29) is 11.7 Å². The summed E-state index contributed by atoms with van der Waals surface area (Å²) in [5.74, 6) is 0.0522. The number of rotatable bonds is 5. The predicted octanol–water partition coefficient (Wildman–Crippen LogP) is 3.62. The van der Waals surface area contributed by atoms with Crippen molar-refractivity contribution in [2.45, 2.75) is 19.0 Å². The van der Waals surface area contributed by atoms with Crippen LogP contribution in [-0.2, 0) is 4.79 Å². The summed E-state index contributed by atoms with van der Waals surface area (Å²) >= 11 is 2.75. The summed E-state index contributed by atoms with van der Waals surface area (Å²) < 4.78 is 2.70. The van der Waals surface area contributed by atoms with E-state index in [0.29, 0.717) is 10.3 Å². The molecule has 0 bridgehead atoms. The van der Waals surface area contributed by atoms with E-state index in [1.807, 2.05) is 50.2 Å². The average molecular weight is 397 g/mol. The summed E-state index contributed by atoms with van der Waals surface area (Å²) in [6, 6.07) is 13.9. The first-order chi connectivity index (χ1) is 13.1. The molecule has 0 aliphatic heterocycles. The lowest BCUT2D eigenvalue weighted by molar-refractivity contribution is -0.113. The highest BCUT2D eigenvalue weighted by molar-refractivity contribution is 7.99. The molecule has 1 amide bonds. The van der Waals surface area contributed by atoms with Crippen LogP contribution >= 0.6 is 23.1 Å². The minimum Gasteiger partial charge on any atom is -0.301 e. The van der Waals surface area contributed by atoms with Gasteiger partial charge in [-0.3, -0.25) is 4.79 Å². The number of tetrazole rings is 1. The van der Waals surface area contributed by atoms with Crippen molar-refractivity contribution < 1.29 is 4.79 Å². The summed E-state index contributed by atoms with van der Waals surface area (Å²) in [5.41, 5.74) is 4.01. The van der Waals surface area contributed by atoms with Crippen LogP contribution in [0, 0.1) is 13.8 Å². The SMILES string of the molecule is Cc1ccc2nc(NC(=O)CSc3nnnn3-c3ccccc3C)sc2c1. The Morgan fingerprint density at radius 3 is 2.93 bits per heavy atom. The van der Waals surface area contributed by atoms with Crippen molar-refractivity contribution in [2.24, 2.45) is 0 Å². The minimum absolute atomic E-state index is 0.143. The Balaban J connectivity index is 1.44. The second-order valence-electron chi connectivity index (χ2n) is 5.99. The molecule has 0 fully saturated rings. The topological polar surface area (TPSA) is 85.6 Å². The van der Waals surface area contributed by atoms with Gasteiger partial charge in [0.2, 0.25) is 11.1 Å². The third-order valence-electron chi connectivity index (χ3n) is 3.91. The Labute approximate surface area is 163 Å². The lowest BCUT2D eigenvalue weighted by Crippen LogP contribution is -2.14. The molecule has 2 aromatic carbocycles. The zero-order valence-electron chi connectivity index (χ0n) is 14.7. The predicted molar refractivity (Wildman–Crippen MR) is 108 cm³/mol. The summed E-state index contributed by atoms with van der Waals surface area (Å²) in [6.07, 6.45) is 0. The van der Waals surface area contributed by atoms with E-state index in [2.05, 4.69) is 31.9 Å². The molecule has 1 N–H and O–H groups in total. The number of para-hydroxylation sites is 1. The molecule has 0 radical (unpaired) electrons. The molecular formula is C18H16N6OS2. The molecule has 0 aliphatic carbocycles. The fourth-order valence-corrected chi connectivity index (χ4v) is 4.26. The first-order valence-electron chi connectivity index (χ1n) is 8.24. The van der Waals surface area contributed by atoms with Gasteiger partial charge < -0.3 is 5.32 Å². The van der Waals surface area contributed by atoms with E-state index in [4.69, 9.17) is 0 Å². The largest absolute Gasteiger partial charge is 0.301 e. The van der Waals surface area contributed by atoms with Crippen molar-refractivity contribution in [3.63, 3.8) is 0 Å². The monoisotopic (exact) mass is 396 g/mol. The number of carbonyl (C=O) groups is 1. The number of thiazole rings is 1. The Kier molecular flexibility index (Phi) is 4.87. The molecule has 0 aliphatic rings. The minimum atomic E-state index is -0.143. The van der Waals surface area contributed by atoms with Gasteiger partial charge in [-0.05, 0) is 53.6 Å². The molecule has 7 nitrogen and oxygen atoms in total. The number of thioether (sulfide) groups is 1. The zero-order valence-corrected chi connectivity index (χ0v) is 16.3. The standard InChI is InChI=1S/C18H16N6OS2/c1-11-7-8-13-15(9-11)27-17(19-13)20-16(25)10-26-18-21-22-23-24(18)14-6-4-3-5-12(14)2/h3-9H,10H2,1-2H3,(H,19,20,25). The molecule has 2 aromatic heterocycles. The molecule has 27 heavy (non-hydrogen) atoms. The van der Waals surface area contributed by atoms with Gasteiger partial charge in [0.05, 0.1) is 21.7 Å². The van der Waals surface area contributed by atoms with Crippen LogP contribution < -0.4 is 5.32 Å². The maximum atomic E-state index is 12.3. The summed E-state index contributed by atoms with van der Waals surface area (Å²) in [7, 11) is 0. The van der Waals surface area contributed by atoms with Crippen molar-refractivity contribution in [1.82, 2.24) is 25.2 Å². The van der Waals surface area contributed by atoms with Crippen molar-refractivity contribution in [2.75, 3.05) is 11.1 Å². The number of hydrogen-bond acceptors (Lipinski definition) is 7. The maximum absolute atomic E-state index is 12.3. The van der Waals surface area contributed by atoms with Crippen molar-refractivity contribution in [1.29, 1.82) is 0 Å². The van der Waals surface area contributed by atoms with Gasteiger partial charge in [0.1, 0.15) is 0 Å². The smallest absolute Gasteiger partial charge is 0.236 e. The third kappa shape index (κ3) is 3.83. The molecular weight excluding hydrogens is 380 g/mol. The highest BCUT2D eigenvalue weighted by atomic mass is 32.2. The van der Waals surface area contributed by atoms with Gasteiger partial charge in [0, 0.05) is 0 Å². The summed E-state index contributed by atoms with van der Waals surface area (Å²) in [6.45, 7) is 4.03. The first kappa shape index (κ1) is 17.6. The number of nitrogens with zero attached hydrogens (tertiary/aromatic N) is 5.